The molecule has 0 spiro atoms. The van der Waals surface area contributed by atoms with Gasteiger partial charge in [-0.3, -0.25) is 4.79 Å². The van der Waals surface area contributed by atoms with Crippen molar-refractivity contribution in [2.24, 2.45) is 5.73 Å². The van der Waals surface area contributed by atoms with E-state index in [9.17, 15) is 4.79 Å². The van der Waals surface area contributed by atoms with Crippen molar-refractivity contribution in [3.05, 3.63) is 133 Å². The molecule has 0 saturated heterocycles. The molecule has 0 bridgehead atoms. The molecule has 2 aromatic rings. The van der Waals surface area contributed by atoms with Crippen LogP contribution in [0, 0.1) is 0 Å². The van der Waals surface area contributed by atoms with Gasteiger partial charge in [-0.1, -0.05) is 99.4 Å². The second-order valence-corrected chi connectivity index (χ2v) is 9.67. The van der Waals surface area contributed by atoms with Gasteiger partial charge in [-0.15, -0.1) is 0 Å². The van der Waals surface area contributed by atoms with Crippen molar-refractivity contribution in [2.45, 2.75) is 59.9 Å². The zero-order valence-corrected chi connectivity index (χ0v) is 24.9. The van der Waals surface area contributed by atoms with Crippen molar-refractivity contribution in [2.75, 3.05) is 0 Å². The summed E-state index contributed by atoms with van der Waals surface area (Å²) >= 11 is 0. The van der Waals surface area contributed by atoms with Crippen molar-refractivity contribution >= 4 is 11.6 Å². The van der Waals surface area contributed by atoms with E-state index >= 15 is 0 Å². The molecule has 1 aromatic heterocycles. The molecule has 3 N–H and O–H groups in total. The van der Waals surface area contributed by atoms with Crippen LogP contribution in [-0.4, -0.2) is 16.4 Å². The molecule has 1 heterocycles. The summed E-state index contributed by atoms with van der Waals surface area (Å²) in [7, 11) is 0. The standard InChI is InChI=1S/C27H31N3O2.C8H14/c1-6-7-8-9-11-20(2)27(4,5)30-21(3)22-12-10-13-23(16-22)24-14-15-25(26(28)31)18-32-19-29-17-24;1-4-6-7-8(3)5-2/h7-19,30H,2-3,6H2,1,4-5H3,(H2,28,31);4,6-7H,5H2,1-3H3/b8-7-,11-9-,15-14?,24-17?,25-18?,29-19?;6-4-,8-7-. The molecule has 1 amide bonds. The van der Waals surface area contributed by atoms with Gasteiger partial charge >= 0.3 is 0 Å². The first-order valence-corrected chi connectivity index (χ1v) is 13.5. The van der Waals surface area contributed by atoms with Crippen LogP contribution in [0.5, 0.6) is 0 Å². The first kappa shape index (κ1) is 33.6. The van der Waals surface area contributed by atoms with E-state index in [4.69, 9.17) is 10.2 Å². The number of hydrogen-bond donors (Lipinski definition) is 2. The van der Waals surface area contributed by atoms with Gasteiger partial charge in [0.25, 0.3) is 5.91 Å². The van der Waals surface area contributed by atoms with Gasteiger partial charge in [0.1, 0.15) is 6.26 Å². The third-order valence-electron chi connectivity index (χ3n) is 5.98. The van der Waals surface area contributed by atoms with E-state index in [-0.39, 0.29) is 11.1 Å². The smallest absolute Gasteiger partial charge is 0.251 e. The quantitative estimate of drug-likeness (QED) is 0.279. The Morgan fingerprint density at radius 3 is 2.48 bits per heavy atom. The Hall–Kier alpha value is -4.38. The van der Waals surface area contributed by atoms with Crippen LogP contribution in [0.1, 0.15) is 70.3 Å². The summed E-state index contributed by atoms with van der Waals surface area (Å²) in [6.07, 6.45) is 20.7. The number of amides is 1. The molecule has 0 saturated carbocycles. The molecule has 2 rings (SSSR count). The lowest BCUT2D eigenvalue weighted by Gasteiger charge is -2.30. The minimum absolute atomic E-state index is 0.244. The number of hydrogen-bond acceptors (Lipinski definition) is 4. The maximum atomic E-state index is 11.5. The summed E-state index contributed by atoms with van der Waals surface area (Å²) in [5.41, 5.74) is 11.0. The Labute approximate surface area is 240 Å². The maximum absolute atomic E-state index is 11.5. The second kappa shape index (κ2) is 18.0. The lowest BCUT2D eigenvalue weighted by atomic mass is 9.93. The van der Waals surface area contributed by atoms with Gasteiger partial charge in [0.05, 0.1) is 11.1 Å². The lowest BCUT2D eigenvalue weighted by molar-refractivity contribution is 0.0998. The van der Waals surface area contributed by atoms with Crippen LogP contribution in [0.3, 0.4) is 0 Å². The highest BCUT2D eigenvalue weighted by Crippen LogP contribution is 2.24. The highest BCUT2D eigenvalue weighted by molar-refractivity contribution is 5.92. The van der Waals surface area contributed by atoms with Crippen molar-refractivity contribution in [1.82, 2.24) is 10.3 Å². The Bertz CT molecular complexity index is 1310. The fraction of sp³-hybridized carbons (Fsp3) is 0.257. The maximum Gasteiger partial charge on any atom is 0.251 e. The molecule has 0 aliphatic carbocycles. The van der Waals surface area contributed by atoms with Crippen LogP contribution in [0.2, 0.25) is 0 Å². The van der Waals surface area contributed by atoms with E-state index in [1.807, 2.05) is 55.5 Å². The summed E-state index contributed by atoms with van der Waals surface area (Å²) in [5, 5.41) is 3.47. The monoisotopic (exact) mass is 539 g/mol. The Morgan fingerprint density at radius 1 is 1.07 bits per heavy atom. The highest BCUT2D eigenvalue weighted by atomic mass is 16.3. The average molecular weight is 540 g/mol. The van der Waals surface area contributed by atoms with Gasteiger partial charge in [-0.25, -0.2) is 4.98 Å². The van der Waals surface area contributed by atoms with E-state index in [1.165, 1.54) is 18.2 Å². The van der Waals surface area contributed by atoms with Crippen LogP contribution in [0.25, 0.3) is 16.8 Å². The largest absolute Gasteiger partial charge is 0.453 e. The highest BCUT2D eigenvalue weighted by Gasteiger charge is 2.20. The number of nitrogens with one attached hydrogen (secondary N) is 1. The van der Waals surface area contributed by atoms with Gasteiger partial charge in [-0.2, -0.15) is 0 Å². The molecule has 212 valence electrons. The Morgan fingerprint density at radius 2 is 1.82 bits per heavy atom. The van der Waals surface area contributed by atoms with Crippen LogP contribution < -0.4 is 11.1 Å². The van der Waals surface area contributed by atoms with E-state index in [1.54, 1.807) is 18.3 Å². The summed E-state index contributed by atoms with van der Waals surface area (Å²) in [4.78, 5) is 15.6. The first-order valence-electron chi connectivity index (χ1n) is 13.5. The topological polar surface area (TPSA) is 81.1 Å². The normalized spacial score (nSPS) is 11.7. The zero-order chi connectivity index (χ0) is 30.0. The molecule has 0 fully saturated rings. The molecule has 0 radical (unpaired) electrons. The van der Waals surface area contributed by atoms with Crippen molar-refractivity contribution in [1.29, 1.82) is 0 Å². The molecule has 5 heteroatoms. The van der Waals surface area contributed by atoms with Gasteiger partial charge in [0.15, 0.2) is 6.39 Å². The number of benzene rings is 1. The lowest BCUT2D eigenvalue weighted by Crippen LogP contribution is -2.38. The van der Waals surface area contributed by atoms with Crippen molar-refractivity contribution in [3.63, 3.8) is 0 Å². The molecular formula is C35H45N3O2. The minimum Gasteiger partial charge on any atom is -0.453 e. The number of carbonyl (C=O) groups is 1. The molecular weight excluding hydrogens is 494 g/mol. The SMILES string of the molecule is C/C=C\C=C(\C)CC.C=C(NC(C)(C)C(=C)/C=C\C=C/CC)c1cccc(-c2ccc(C(N)=O)cocnc2)c1. The number of nitrogens with two attached hydrogens (primary N) is 1. The number of allylic oxidation sites excluding steroid dienone is 7. The van der Waals surface area contributed by atoms with Crippen LogP contribution in [0.4, 0.5) is 0 Å². The molecule has 40 heavy (non-hydrogen) atoms. The van der Waals surface area contributed by atoms with Gasteiger partial charge < -0.3 is 15.5 Å². The number of primary amides is 1. The van der Waals surface area contributed by atoms with Gasteiger partial charge in [0, 0.05) is 17.5 Å². The molecule has 5 nitrogen and oxygen atoms in total. The van der Waals surface area contributed by atoms with Crippen molar-refractivity contribution < 1.29 is 9.21 Å². The summed E-state index contributed by atoms with van der Waals surface area (Å²) in [5.74, 6) is -0.580. The van der Waals surface area contributed by atoms with E-state index in [2.05, 4.69) is 76.3 Å². The van der Waals surface area contributed by atoms with Crippen molar-refractivity contribution in [3.8, 4) is 11.1 Å². The number of aromatic nitrogens is 1. The zero-order valence-electron chi connectivity index (χ0n) is 24.9. The van der Waals surface area contributed by atoms with Gasteiger partial charge in [0.2, 0.25) is 0 Å². The first-order chi connectivity index (χ1) is 19.0. The third-order valence-corrected chi connectivity index (χ3v) is 5.98. The fourth-order valence-electron chi connectivity index (χ4n) is 3.21. The molecule has 0 atom stereocenters. The summed E-state index contributed by atoms with van der Waals surface area (Å²) < 4.78 is 5.10. The van der Waals surface area contributed by atoms with E-state index in [0.29, 0.717) is 0 Å². The van der Waals surface area contributed by atoms with Crippen LogP contribution in [-0.2, 0) is 0 Å². The average Bonchev–Trinajstić information content (AvgIpc) is 3.06. The van der Waals surface area contributed by atoms with E-state index < -0.39 is 5.91 Å². The third kappa shape index (κ3) is 12.4. The number of carbonyl (C=O) groups excluding carboxylic acids is 1. The van der Waals surface area contributed by atoms with Crippen LogP contribution in [0.15, 0.2) is 127 Å². The predicted octanol–water partition coefficient (Wildman–Crippen LogP) is 8.90. The number of nitrogens with zero attached hydrogens (tertiary/aromatic N) is 1. The Kier molecular flexibility index (Phi) is 15.1. The number of rotatable bonds is 11. The molecule has 0 aliphatic rings. The fourth-order valence-corrected chi connectivity index (χ4v) is 3.21. The van der Waals surface area contributed by atoms with E-state index in [0.717, 1.165) is 40.8 Å². The minimum atomic E-state index is -0.580. The van der Waals surface area contributed by atoms with Gasteiger partial charge in [-0.05, 0) is 69.4 Å². The second-order valence-electron chi connectivity index (χ2n) is 9.67. The summed E-state index contributed by atoms with van der Waals surface area (Å²) in [6, 6.07) is 11.3. The molecule has 0 aliphatic heterocycles. The predicted molar refractivity (Wildman–Crippen MR) is 171 cm³/mol. The van der Waals surface area contributed by atoms with Crippen LogP contribution >= 0.6 is 0 Å². The summed E-state index contributed by atoms with van der Waals surface area (Å²) in [6.45, 7) is 21.0. The molecule has 1 aromatic carbocycles. The Balaban J connectivity index is 0.000000869. The molecule has 0 unspecified atom stereocenters.